The van der Waals surface area contributed by atoms with Gasteiger partial charge in [-0.2, -0.15) is 0 Å². The number of hydrogen-bond donors (Lipinski definition) is 1. The first-order valence-electron chi connectivity index (χ1n) is 9.34. The molecule has 2 aromatic carbocycles. The SMILES string of the molecule is OC1C2C=CC=C3C(c4ccccc4)=CC=C(c4nc5ccccc5n41)C32. The van der Waals surface area contributed by atoms with Gasteiger partial charge in [-0.15, -0.1) is 0 Å². The van der Waals surface area contributed by atoms with Crippen molar-refractivity contribution in [3.05, 3.63) is 102 Å². The minimum Gasteiger partial charge on any atom is -0.373 e. The number of aliphatic hydroxyl groups excluding tert-OH is 1. The predicted molar refractivity (Wildman–Crippen MR) is 108 cm³/mol. The Morgan fingerprint density at radius 3 is 2.56 bits per heavy atom. The van der Waals surface area contributed by atoms with E-state index in [2.05, 4.69) is 54.6 Å². The van der Waals surface area contributed by atoms with E-state index in [1.54, 1.807) is 0 Å². The van der Waals surface area contributed by atoms with E-state index in [9.17, 15) is 5.11 Å². The Labute approximate surface area is 157 Å². The number of benzene rings is 2. The summed E-state index contributed by atoms with van der Waals surface area (Å²) in [6, 6.07) is 18.5. The van der Waals surface area contributed by atoms with E-state index in [1.165, 1.54) is 22.3 Å². The number of aliphatic hydroxyl groups is 1. The lowest BCUT2D eigenvalue weighted by Crippen LogP contribution is -2.35. The highest BCUT2D eigenvalue weighted by molar-refractivity contribution is 5.92. The topological polar surface area (TPSA) is 38.1 Å². The lowest BCUT2D eigenvalue weighted by molar-refractivity contribution is 0.0458. The number of imidazole rings is 1. The van der Waals surface area contributed by atoms with Crippen LogP contribution in [0.4, 0.5) is 0 Å². The number of aromatic nitrogens is 2. The van der Waals surface area contributed by atoms with E-state index < -0.39 is 6.23 Å². The molecule has 0 radical (unpaired) electrons. The molecule has 130 valence electrons. The van der Waals surface area contributed by atoms with Crippen LogP contribution < -0.4 is 0 Å². The first-order valence-corrected chi connectivity index (χ1v) is 9.34. The minimum atomic E-state index is -0.621. The first kappa shape index (κ1) is 14.9. The van der Waals surface area contributed by atoms with Crippen LogP contribution >= 0.6 is 0 Å². The molecule has 1 N–H and O–H groups in total. The molecule has 0 saturated heterocycles. The van der Waals surface area contributed by atoms with Crippen LogP contribution in [0.15, 0.2) is 90.6 Å². The van der Waals surface area contributed by atoms with Gasteiger partial charge in [-0.3, -0.25) is 4.57 Å². The number of fused-ring (bicyclic) bond motifs is 4. The quantitative estimate of drug-likeness (QED) is 0.688. The molecule has 3 nitrogen and oxygen atoms in total. The molecule has 3 atom stereocenters. The molecule has 3 heteroatoms. The molecule has 3 unspecified atom stereocenters. The zero-order valence-electron chi connectivity index (χ0n) is 14.7. The summed E-state index contributed by atoms with van der Waals surface area (Å²) in [6.07, 6.45) is 10.2. The average Bonchev–Trinajstić information content (AvgIpc) is 3.12. The van der Waals surface area contributed by atoms with Gasteiger partial charge in [0.05, 0.1) is 11.0 Å². The van der Waals surface area contributed by atoms with Crippen molar-refractivity contribution in [3.63, 3.8) is 0 Å². The number of rotatable bonds is 1. The highest BCUT2D eigenvalue weighted by Gasteiger charge is 2.43. The maximum atomic E-state index is 11.3. The Morgan fingerprint density at radius 2 is 1.67 bits per heavy atom. The Balaban J connectivity index is 1.63. The molecule has 0 bridgehead atoms. The zero-order chi connectivity index (χ0) is 18.0. The summed E-state index contributed by atoms with van der Waals surface area (Å²) in [5.41, 5.74) is 6.82. The Morgan fingerprint density at radius 1 is 0.852 bits per heavy atom. The number of para-hydroxylation sites is 2. The monoisotopic (exact) mass is 350 g/mol. The van der Waals surface area contributed by atoms with E-state index in [4.69, 9.17) is 4.98 Å². The van der Waals surface area contributed by atoms with Gasteiger partial charge in [0, 0.05) is 17.4 Å². The van der Waals surface area contributed by atoms with Gasteiger partial charge in [-0.05, 0) is 28.8 Å². The van der Waals surface area contributed by atoms with E-state index in [-0.39, 0.29) is 11.8 Å². The van der Waals surface area contributed by atoms with Crippen molar-refractivity contribution in [2.24, 2.45) is 11.8 Å². The van der Waals surface area contributed by atoms with E-state index >= 15 is 0 Å². The second-order valence-electron chi connectivity index (χ2n) is 7.34. The molecule has 27 heavy (non-hydrogen) atoms. The normalized spacial score (nSPS) is 25.4. The van der Waals surface area contributed by atoms with Crippen LogP contribution in [0.3, 0.4) is 0 Å². The van der Waals surface area contributed by atoms with Crippen molar-refractivity contribution in [1.29, 1.82) is 0 Å². The Hall–Kier alpha value is -3.17. The summed E-state index contributed by atoms with van der Waals surface area (Å²) in [4.78, 5) is 4.87. The van der Waals surface area contributed by atoms with Crippen molar-refractivity contribution >= 4 is 22.2 Å². The zero-order valence-corrected chi connectivity index (χ0v) is 14.7. The molecular weight excluding hydrogens is 332 g/mol. The fraction of sp³-hybridized carbons (Fsp3) is 0.125. The summed E-state index contributed by atoms with van der Waals surface area (Å²) in [5, 5.41) is 11.3. The number of nitrogens with zero attached hydrogens (tertiary/aromatic N) is 2. The molecule has 1 aliphatic heterocycles. The molecule has 1 aromatic heterocycles. The number of allylic oxidation sites excluding steroid dienone is 7. The smallest absolute Gasteiger partial charge is 0.139 e. The van der Waals surface area contributed by atoms with E-state index in [0.717, 1.165) is 16.9 Å². The first-order chi connectivity index (χ1) is 13.3. The Bertz CT molecular complexity index is 1190. The van der Waals surface area contributed by atoms with Gasteiger partial charge in [0.15, 0.2) is 0 Å². The largest absolute Gasteiger partial charge is 0.373 e. The molecule has 6 rings (SSSR count). The molecule has 2 aliphatic carbocycles. The maximum Gasteiger partial charge on any atom is 0.139 e. The second-order valence-corrected chi connectivity index (χ2v) is 7.34. The molecule has 3 aliphatic rings. The fourth-order valence-corrected chi connectivity index (χ4v) is 4.77. The third-order valence-corrected chi connectivity index (χ3v) is 5.95. The summed E-state index contributed by atoms with van der Waals surface area (Å²) in [6.45, 7) is 0. The van der Waals surface area contributed by atoms with Crippen LogP contribution in [0.25, 0.3) is 22.2 Å². The third-order valence-electron chi connectivity index (χ3n) is 5.95. The van der Waals surface area contributed by atoms with Crippen molar-refractivity contribution < 1.29 is 5.11 Å². The second kappa shape index (κ2) is 5.41. The van der Waals surface area contributed by atoms with Gasteiger partial charge >= 0.3 is 0 Å². The van der Waals surface area contributed by atoms with Crippen molar-refractivity contribution in [2.45, 2.75) is 6.23 Å². The van der Waals surface area contributed by atoms with E-state index in [1.807, 2.05) is 34.9 Å². The number of hydrogen-bond acceptors (Lipinski definition) is 2. The molecule has 0 spiro atoms. The van der Waals surface area contributed by atoms with Crippen molar-refractivity contribution in [2.75, 3.05) is 0 Å². The van der Waals surface area contributed by atoms with Gasteiger partial charge in [0.2, 0.25) is 0 Å². The highest BCUT2D eigenvalue weighted by Crippen LogP contribution is 2.52. The summed E-state index contributed by atoms with van der Waals surface area (Å²) < 4.78 is 2.00. The molecule has 0 amide bonds. The van der Waals surface area contributed by atoms with Crippen molar-refractivity contribution in [1.82, 2.24) is 9.55 Å². The van der Waals surface area contributed by atoms with Crippen LogP contribution in [0.1, 0.15) is 17.6 Å². The summed E-state index contributed by atoms with van der Waals surface area (Å²) in [5.74, 6) is 1.03. The fourth-order valence-electron chi connectivity index (χ4n) is 4.77. The van der Waals surface area contributed by atoms with Crippen molar-refractivity contribution in [3.8, 4) is 0 Å². The predicted octanol–water partition coefficient (Wildman–Crippen LogP) is 4.75. The average molecular weight is 350 g/mol. The van der Waals surface area contributed by atoms with Gasteiger partial charge < -0.3 is 5.11 Å². The minimum absolute atomic E-state index is 0.00812. The molecule has 3 aromatic rings. The maximum absolute atomic E-state index is 11.3. The van der Waals surface area contributed by atoms with Gasteiger partial charge in [0.25, 0.3) is 0 Å². The lowest BCUT2D eigenvalue weighted by Gasteiger charge is -2.41. The molecule has 0 fully saturated rings. The molecular formula is C24H18N2O. The molecule has 2 heterocycles. The van der Waals surface area contributed by atoms with Crippen LogP contribution in [-0.2, 0) is 0 Å². The molecule has 0 saturated carbocycles. The van der Waals surface area contributed by atoms with Crippen LogP contribution in [0.2, 0.25) is 0 Å². The highest BCUT2D eigenvalue weighted by atomic mass is 16.3. The van der Waals surface area contributed by atoms with Crippen LogP contribution in [-0.4, -0.2) is 14.7 Å². The lowest BCUT2D eigenvalue weighted by atomic mass is 9.68. The summed E-state index contributed by atoms with van der Waals surface area (Å²) in [7, 11) is 0. The third kappa shape index (κ3) is 1.97. The van der Waals surface area contributed by atoms with E-state index in [0.29, 0.717) is 0 Å². The van der Waals surface area contributed by atoms with Crippen LogP contribution in [0.5, 0.6) is 0 Å². The Kier molecular flexibility index (Phi) is 3.00. The van der Waals surface area contributed by atoms with Crippen LogP contribution in [0, 0.1) is 11.8 Å². The van der Waals surface area contributed by atoms with Gasteiger partial charge in [-0.25, -0.2) is 4.98 Å². The van der Waals surface area contributed by atoms with Gasteiger partial charge in [0.1, 0.15) is 12.1 Å². The standard InChI is InChI=1S/C24H18N2O/c27-24-19-10-6-9-17-16(15-7-2-1-3-8-15)13-14-18(22(17)19)23-25-20-11-4-5-12-21(20)26(23)24/h1-14,19,22,24,27H. The van der Waals surface area contributed by atoms with Gasteiger partial charge in [-0.1, -0.05) is 72.8 Å². The summed E-state index contributed by atoms with van der Waals surface area (Å²) >= 11 is 0.